The van der Waals surface area contributed by atoms with Gasteiger partial charge in [-0.25, -0.2) is 0 Å². The molecule has 2 fully saturated rings. The molecule has 3 nitrogen and oxygen atoms in total. The number of carbonyl (C=O) groups is 1. The number of ether oxygens (including phenoxy) is 1. The standard InChI is InChI=1S/C13H15Br2NO2S/c14-12-6-8(13(15)19-12)10(17)7-16-4-5-18-11-3-1-2-9(11)16/h6,9,11H,1-5,7H2. The number of Topliss-reactive ketones (excluding diaryl/α,β-unsaturated/α-hetero) is 1. The van der Waals surface area contributed by atoms with Gasteiger partial charge in [0.15, 0.2) is 5.78 Å². The zero-order valence-electron chi connectivity index (χ0n) is 10.4. The highest BCUT2D eigenvalue weighted by Crippen LogP contribution is 2.33. The van der Waals surface area contributed by atoms with Crippen LogP contribution in [0.2, 0.25) is 0 Å². The molecule has 0 N–H and O–H groups in total. The second-order valence-electron chi connectivity index (χ2n) is 5.04. The van der Waals surface area contributed by atoms with E-state index in [2.05, 4.69) is 36.8 Å². The van der Waals surface area contributed by atoms with Gasteiger partial charge in [-0.3, -0.25) is 9.69 Å². The number of hydrogen-bond donors (Lipinski definition) is 0. The van der Waals surface area contributed by atoms with Crippen molar-refractivity contribution in [2.75, 3.05) is 19.7 Å². The minimum atomic E-state index is 0.196. The average molecular weight is 409 g/mol. The number of fused-ring (bicyclic) bond motifs is 1. The highest BCUT2D eigenvalue weighted by molar-refractivity contribution is 9.12. The van der Waals surface area contributed by atoms with Gasteiger partial charge in [-0.1, -0.05) is 0 Å². The molecule has 0 spiro atoms. The normalized spacial score (nSPS) is 27.5. The lowest BCUT2D eigenvalue weighted by Gasteiger charge is -2.37. The third-order valence-corrected chi connectivity index (χ3v) is 6.24. The van der Waals surface area contributed by atoms with Crippen LogP contribution in [0.4, 0.5) is 0 Å². The number of carbonyl (C=O) groups excluding carboxylic acids is 1. The lowest BCUT2D eigenvalue weighted by Crippen LogP contribution is -2.50. The molecule has 3 rings (SSSR count). The maximum absolute atomic E-state index is 12.4. The Kier molecular flexibility index (Phi) is 4.43. The fraction of sp³-hybridized carbons (Fsp3) is 0.615. The zero-order valence-corrected chi connectivity index (χ0v) is 14.4. The van der Waals surface area contributed by atoms with Crippen LogP contribution < -0.4 is 0 Å². The second kappa shape index (κ2) is 5.93. The van der Waals surface area contributed by atoms with Crippen molar-refractivity contribution in [3.05, 3.63) is 19.2 Å². The van der Waals surface area contributed by atoms with Crippen molar-refractivity contribution in [2.24, 2.45) is 0 Å². The molecular formula is C13H15Br2NO2S. The number of nitrogens with zero attached hydrogens (tertiary/aromatic N) is 1. The average Bonchev–Trinajstić information content (AvgIpc) is 2.96. The van der Waals surface area contributed by atoms with E-state index in [1.807, 2.05) is 6.07 Å². The van der Waals surface area contributed by atoms with Gasteiger partial charge in [-0.2, -0.15) is 0 Å². The molecule has 0 radical (unpaired) electrons. The van der Waals surface area contributed by atoms with Crippen LogP contribution in [0.25, 0.3) is 0 Å². The van der Waals surface area contributed by atoms with Crippen molar-refractivity contribution in [2.45, 2.75) is 31.4 Å². The molecule has 1 aliphatic carbocycles. The maximum Gasteiger partial charge on any atom is 0.178 e. The molecule has 0 amide bonds. The van der Waals surface area contributed by atoms with Crippen LogP contribution in [0.5, 0.6) is 0 Å². The smallest absolute Gasteiger partial charge is 0.178 e. The molecule has 19 heavy (non-hydrogen) atoms. The lowest BCUT2D eigenvalue weighted by atomic mass is 10.1. The van der Waals surface area contributed by atoms with Gasteiger partial charge in [0, 0.05) is 18.2 Å². The fourth-order valence-electron chi connectivity index (χ4n) is 3.00. The number of rotatable bonds is 3. The Labute approximate surface area is 133 Å². The molecule has 0 bridgehead atoms. The van der Waals surface area contributed by atoms with Gasteiger partial charge < -0.3 is 4.74 Å². The summed E-state index contributed by atoms with van der Waals surface area (Å²) in [6.07, 6.45) is 3.86. The molecule has 2 unspecified atom stereocenters. The van der Waals surface area contributed by atoms with E-state index in [9.17, 15) is 4.79 Å². The number of morpholine rings is 1. The van der Waals surface area contributed by atoms with Crippen molar-refractivity contribution in [3.8, 4) is 0 Å². The first-order valence-electron chi connectivity index (χ1n) is 6.49. The Bertz CT molecular complexity index is 491. The summed E-state index contributed by atoms with van der Waals surface area (Å²) in [7, 11) is 0. The summed E-state index contributed by atoms with van der Waals surface area (Å²) in [5.41, 5.74) is 0.790. The van der Waals surface area contributed by atoms with E-state index in [-0.39, 0.29) is 5.78 Å². The summed E-state index contributed by atoms with van der Waals surface area (Å²) in [5.74, 6) is 0.196. The molecular weight excluding hydrogens is 394 g/mol. The minimum Gasteiger partial charge on any atom is -0.375 e. The van der Waals surface area contributed by atoms with Crippen LogP contribution in [-0.4, -0.2) is 42.5 Å². The molecule has 0 aromatic carbocycles. The molecule has 1 aliphatic heterocycles. The number of halogens is 2. The molecule has 2 aliphatic rings. The summed E-state index contributed by atoms with van der Waals surface area (Å²) in [4.78, 5) is 14.7. The van der Waals surface area contributed by atoms with Crippen molar-refractivity contribution >= 4 is 49.0 Å². The van der Waals surface area contributed by atoms with E-state index >= 15 is 0 Å². The van der Waals surface area contributed by atoms with Crippen LogP contribution in [0.3, 0.4) is 0 Å². The minimum absolute atomic E-state index is 0.196. The Morgan fingerprint density at radius 3 is 3.05 bits per heavy atom. The van der Waals surface area contributed by atoms with Crippen LogP contribution in [0.15, 0.2) is 13.6 Å². The third kappa shape index (κ3) is 2.97. The van der Waals surface area contributed by atoms with Gasteiger partial charge >= 0.3 is 0 Å². The van der Waals surface area contributed by atoms with Gasteiger partial charge in [-0.05, 0) is 57.2 Å². The molecule has 104 valence electrons. The topological polar surface area (TPSA) is 29.5 Å². The first-order valence-corrected chi connectivity index (χ1v) is 8.89. The van der Waals surface area contributed by atoms with Gasteiger partial charge in [0.25, 0.3) is 0 Å². The summed E-state index contributed by atoms with van der Waals surface area (Å²) in [6, 6.07) is 2.35. The SMILES string of the molecule is O=C(CN1CCOC2CCCC21)c1cc(Br)sc1Br. The monoisotopic (exact) mass is 407 g/mol. The van der Waals surface area contributed by atoms with E-state index in [1.165, 1.54) is 6.42 Å². The van der Waals surface area contributed by atoms with E-state index in [0.717, 1.165) is 39.1 Å². The van der Waals surface area contributed by atoms with E-state index < -0.39 is 0 Å². The van der Waals surface area contributed by atoms with E-state index in [4.69, 9.17) is 4.74 Å². The van der Waals surface area contributed by atoms with Gasteiger partial charge in [0.1, 0.15) is 0 Å². The largest absolute Gasteiger partial charge is 0.375 e. The van der Waals surface area contributed by atoms with Crippen LogP contribution in [-0.2, 0) is 4.74 Å². The van der Waals surface area contributed by atoms with Gasteiger partial charge in [-0.15, -0.1) is 11.3 Å². The van der Waals surface area contributed by atoms with E-state index in [0.29, 0.717) is 18.7 Å². The van der Waals surface area contributed by atoms with Crippen LogP contribution >= 0.6 is 43.2 Å². The first-order chi connectivity index (χ1) is 9.15. The Morgan fingerprint density at radius 1 is 1.47 bits per heavy atom. The van der Waals surface area contributed by atoms with Crippen molar-refractivity contribution in [3.63, 3.8) is 0 Å². The summed E-state index contributed by atoms with van der Waals surface area (Å²) in [6.45, 7) is 2.13. The predicted octanol–water partition coefficient (Wildman–Crippen LogP) is 3.71. The Morgan fingerprint density at radius 2 is 2.32 bits per heavy atom. The van der Waals surface area contributed by atoms with Crippen molar-refractivity contribution in [1.29, 1.82) is 0 Å². The number of hydrogen-bond acceptors (Lipinski definition) is 4. The van der Waals surface area contributed by atoms with Crippen LogP contribution in [0, 0.1) is 0 Å². The molecule has 1 saturated heterocycles. The number of thiophene rings is 1. The third-order valence-electron chi connectivity index (χ3n) is 3.90. The molecule has 1 saturated carbocycles. The maximum atomic E-state index is 12.4. The zero-order chi connectivity index (χ0) is 13.4. The van der Waals surface area contributed by atoms with Gasteiger partial charge in [0.2, 0.25) is 0 Å². The number of ketones is 1. The summed E-state index contributed by atoms with van der Waals surface area (Å²) in [5, 5.41) is 0. The predicted molar refractivity (Wildman–Crippen MR) is 83.0 cm³/mol. The van der Waals surface area contributed by atoms with Crippen molar-refractivity contribution in [1.82, 2.24) is 4.90 Å². The van der Waals surface area contributed by atoms with Crippen molar-refractivity contribution < 1.29 is 9.53 Å². The lowest BCUT2D eigenvalue weighted by molar-refractivity contribution is -0.0522. The molecule has 6 heteroatoms. The van der Waals surface area contributed by atoms with Gasteiger partial charge in [0.05, 0.1) is 26.8 Å². The highest BCUT2D eigenvalue weighted by atomic mass is 79.9. The summed E-state index contributed by atoms with van der Waals surface area (Å²) >= 11 is 8.44. The Hall–Kier alpha value is 0.250. The molecule has 1 aromatic heterocycles. The molecule has 1 aromatic rings. The fourth-order valence-corrected chi connectivity index (χ4v) is 5.86. The quantitative estimate of drug-likeness (QED) is 0.714. The van der Waals surface area contributed by atoms with E-state index in [1.54, 1.807) is 11.3 Å². The molecule has 2 atom stereocenters. The first kappa shape index (κ1) is 14.2. The second-order valence-corrected chi connectivity index (χ2v) is 8.79. The summed E-state index contributed by atoms with van der Waals surface area (Å²) < 4.78 is 7.69. The van der Waals surface area contributed by atoms with Crippen LogP contribution in [0.1, 0.15) is 29.6 Å². The molecule has 2 heterocycles. The Balaban J connectivity index is 1.70. The highest BCUT2D eigenvalue weighted by Gasteiger charge is 2.36.